The lowest BCUT2D eigenvalue weighted by Crippen LogP contribution is -2.25. The van der Waals surface area contributed by atoms with Crippen molar-refractivity contribution in [1.29, 1.82) is 0 Å². The van der Waals surface area contributed by atoms with Crippen molar-refractivity contribution in [3.8, 4) is 0 Å². The van der Waals surface area contributed by atoms with Gasteiger partial charge in [-0.2, -0.15) is 5.10 Å². The zero-order valence-corrected chi connectivity index (χ0v) is 12.8. The summed E-state index contributed by atoms with van der Waals surface area (Å²) in [4.78, 5) is 0. The predicted molar refractivity (Wildman–Crippen MR) is 79.8 cm³/mol. The van der Waals surface area contributed by atoms with Crippen molar-refractivity contribution < 1.29 is 4.39 Å². The van der Waals surface area contributed by atoms with E-state index >= 15 is 0 Å². The highest BCUT2D eigenvalue weighted by atomic mass is 35.5. The predicted octanol–water partition coefficient (Wildman–Crippen LogP) is 4.05. The monoisotopic (exact) mass is 315 g/mol. The molecule has 0 aliphatic carbocycles. The van der Waals surface area contributed by atoms with Crippen LogP contribution in [0.3, 0.4) is 0 Å². The molecule has 0 fully saturated rings. The quantitative estimate of drug-likeness (QED) is 0.902. The van der Waals surface area contributed by atoms with Gasteiger partial charge in [0.15, 0.2) is 0 Å². The van der Waals surface area contributed by atoms with Crippen LogP contribution in [0.25, 0.3) is 0 Å². The van der Waals surface area contributed by atoms with Crippen LogP contribution in [0.15, 0.2) is 24.4 Å². The van der Waals surface area contributed by atoms with Crippen LogP contribution in [-0.4, -0.2) is 16.3 Å². The van der Waals surface area contributed by atoms with Crippen LogP contribution in [0, 0.1) is 5.82 Å². The van der Waals surface area contributed by atoms with Crippen molar-refractivity contribution in [3.05, 3.63) is 51.5 Å². The second-order valence-corrected chi connectivity index (χ2v) is 5.16. The van der Waals surface area contributed by atoms with Gasteiger partial charge < -0.3 is 5.32 Å². The Labute approximate surface area is 127 Å². The Balaban J connectivity index is 2.53. The molecule has 2 rings (SSSR count). The molecule has 3 nitrogen and oxygen atoms in total. The molecule has 108 valence electrons. The molecule has 6 heteroatoms. The molecule has 0 bridgehead atoms. The number of hydrogen-bond donors (Lipinski definition) is 1. The minimum absolute atomic E-state index is 0.219. The summed E-state index contributed by atoms with van der Waals surface area (Å²) in [5, 5.41) is 8.50. The minimum Gasteiger partial charge on any atom is -0.305 e. The van der Waals surface area contributed by atoms with Gasteiger partial charge in [-0.25, -0.2) is 4.39 Å². The zero-order valence-electron chi connectivity index (χ0n) is 11.3. The molecule has 0 spiro atoms. The first-order valence-corrected chi connectivity index (χ1v) is 7.23. The molecule has 0 aliphatic rings. The van der Waals surface area contributed by atoms with Crippen molar-refractivity contribution in [2.45, 2.75) is 26.4 Å². The van der Waals surface area contributed by atoms with Gasteiger partial charge in [0.1, 0.15) is 5.82 Å². The fourth-order valence-electron chi connectivity index (χ4n) is 2.20. The van der Waals surface area contributed by atoms with Crippen molar-refractivity contribution >= 4 is 23.2 Å². The van der Waals surface area contributed by atoms with Gasteiger partial charge in [-0.1, -0.05) is 36.2 Å². The number of benzene rings is 1. The molecule has 0 saturated carbocycles. The maximum absolute atomic E-state index is 13.2. The summed E-state index contributed by atoms with van der Waals surface area (Å²) in [5.41, 5.74) is 1.62. The lowest BCUT2D eigenvalue weighted by Gasteiger charge is -2.21. The van der Waals surface area contributed by atoms with Crippen molar-refractivity contribution in [3.63, 3.8) is 0 Å². The maximum atomic E-state index is 13.2. The van der Waals surface area contributed by atoms with Crippen molar-refractivity contribution in [2.75, 3.05) is 6.54 Å². The lowest BCUT2D eigenvalue weighted by molar-refractivity contribution is 0.541. The molecule has 2 aromatic rings. The van der Waals surface area contributed by atoms with E-state index in [4.69, 9.17) is 23.2 Å². The largest absolute Gasteiger partial charge is 0.305 e. The molecule has 20 heavy (non-hydrogen) atoms. The fraction of sp³-hybridized carbons (Fsp3) is 0.357. The Bertz CT molecular complexity index is 598. The number of aryl methyl sites for hydroxylation is 1. The van der Waals surface area contributed by atoms with Gasteiger partial charge in [0.25, 0.3) is 0 Å². The molecule has 0 saturated heterocycles. The van der Waals surface area contributed by atoms with E-state index in [-0.39, 0.29) is 11.9 Å². The summed E-state index contributed by atoms with van der Waals surface area (Å²) in [6.07, 6.45) is 1.61. The zero-order chi connectivity index (χ0) is 14.7. The Hall–Kier alpha value is -1.10. The van der Waals surface area contributed by atoms with Gasteiger partial charge in [-0.05, 0) is 31.2 Å². The Morgan fingerprint density at radius 2 is 2.05 bits per heavy atom. The lowest BCUT2D eigenvalue weighted by atomic mass is 10.0. The Kier molecular flexibility index (Phi) is 5.02. The van der Waals surface area contributed by atoms with Gasteiger partial charge in [-0.3, -0.25) is 4.68 Å². The standard InChI is InChI=1S/C14H16Cl2FN3/c1-3-18-13(10-6-5-9(17)7-11(10)15)14-12(16)8-19-20(14)4-2/h5-8,13,18H,3-4H2,1-2H3. The number of hydrogen-bond acceptors (Lipinski definition) is 2. The summed E-state index contributed by atoms with van der Waals surface area (Å²) in [5.74, 6) is -0.357. The van der Waals surface area contributed by atoms with Gasteiger partial charge in [0.2, 0.25) is 0 Å². The second kappa shape index (κ2) is 6.57. The van der Waals surface area contributed by atoms with Crippen molar-refractivity contribution in [2.24, 2.45) is 0 Å². The number of halogens is 3. The number of rotatable bonds is 5. The highest BCUT2D eigenvalue weighted by Gasteiger charge is 2.23. The van der Waals surface area contributed by atoms with Gasteiger partial charge in [-0.15, -0.1) is 0 Å². The van der Waals surface area contributed by atoms with Crippen LogP contribution < -0.4 is 5.32 Å². The normalized spacial score (nSPS) is 12.7. The second-order valence-electron chi connectivity index (χ2n) is 4.35. The van der Waals surface area contributed by atoms with Crippen LogP contribution in [-0.2, 0) is 6.54 Å². The number of nitrogens with zero attached hydrogens (tertiary/aromatic N) is 2. The topological polar surface area (TPSA) is 29.9 Å². The van der Waals surface area contributed by atoms with E-state index in [1.54, 1.807) is 12.3 Å². The molecule has 1 unspecified atom stereocenters. The van der Waals surface area contributed by atoms with E-state index in [1.165, 1.54) is 12.1 Å². The summed E-state index contributed by atoms with van der Waals surface area (Å²) >= 11 is 12.4. The summed E-state index contributed by atoms with van der Waals surface area (Å²) in [6, 6.07) is 4.16. The van der Waals surface area contributed by atoms with E-state index in [2.05, 4.69) is 10.4 Å². The van der Waals surface area contributed by atoms with E-state index in [9.17, 15) is 4.39 Å². The average molecular weight is 316 g/mol. The third kappa shape index (κ3) is 2.97. The van der Waals surface area contributed by atoms with E-state index < -0.39 is 0 Å². The fourth-order valence-corrected chi connectivity index (χ4v) is 2.73. The molecular formula is C14H16Cl2FN3. The highest BCUT2D eigenvalue weighted by molar-refractivity contribution is 6.32. The SMILES string of the molecule is CCNC(c1ccc(F)cc1Cl)c1c(Cl)cnn1CC. The molecule has 1 atom stereocenters. The van der Waals surface area contributed by atoms with Gasteiger partial charge in [0.05, 0.1) is 23.0 Å². The summed E-state index contributed by atoms with van der Waals surface area (Å²) in [6.45, 7) is 5.40. The number of nitrogens with one attached hydrogen (secondary N) is 1. The van der Waals surface area contributed by atoms with E-state index in [0.717, 1.165) is 17.8 Å². The molecule has 1 N–H and O–H groups in total. The molecular weight excluding hydrogens is 300 g/mol. The Morgan fingerprint density at radius 3 is 2.65 bits per heavy atom. The maximum Gasteiger partial charge on any atom is 0.124 e. The van der Waals surface area contributed by atoms with Gasteiger partial charge >= 0.3 is 0 Å². The third-order valence-electron chi connectivity index (χ3n) is 3.09. The molecule has 1 aromatic heterocycles. The first-order valence-electron chi connectivity index (χ1n) is 6.48. The van der Waals surface area contributed by atoms with E-state index in [0.29, 0.717) is 16.6 Å². The molecule has 1 aromatic carbocycles. The van der Waals surface area contributed by atoms with E-state index in [1.807, 2.05) is 18.5 Å². The van der Waals surface area contributed by atoms with Gasteiger partial charge in [0, 0.05) is 11.6 Å². The van der Waals surface area contributed by atoms with Crippen LogP contribution >= 0.6 is 23.2 Å². The van der Waals surface area contributed by atoms with Crippen molar-refractivity contribution in [1.82, 2.24) is 15.1 Å². The third-order valence-corrected chi connectivity index (χ3v) is 3.71. The summed E-state index contributed by atoms with van der Waals surface area (Å²) in [7, 11) is 0. The molecule has 0 radical (unpaired) electrons. The van der Waals surface area contributed by atoms with Crippen LogP contribution in [0.4, 0.5) is 4.39 Å². The van der Waals surface area contributed by atoms with Crippen LogP contribution in [0.1, 0.15) is 31.1 Å². The first kappa shape index (κ1) is 15.3. The highest BCUT2D eigenvalue weighted by Crippen LogP contribution is 2.32. The Morgan fingerprint density at radius 1 is 1.30 bits per heavy atom. The smallest absolute Gasteiger partial charge is 0.124 e. The van der Waals surface area contributed by atoms with Crippen LogP contribution in [0.5, 0.6) is 0 Å². The van der Waals surface area contributed by atoms with Crippen LogP contribution in [0.2, 0.25) is 10.0 Å². The summed E-state index contributed by atoms with van der Waals surface area (Å²) < 4.78 is 15.0. The molecule has 0 amide bonds. The first-order chi connectivity index (χ1) is 9.58. The molecule has 0 aliphatic heterocycles. The average Bonchev–Trinajstić information content (AvgIpc) is 2.78. The molecule has 1 heterocycles. The minimum atomic E-state index is -0.357. The number of aromatic nitrogens is 2.